The van der Waals surface area contributed by atoms with Crippen molar-refractivity contribution in [2.24, 2.45) is 0 Å². The van der Waals surface area contributed by atoms with Gasteiger partial charge in [-0.05, 0) is 11.6 Å². The van der Waals surface area contributed by atoms with E-state index in [9.17, 15) is 10.1 Å². The van der Waals surface area contributed by atoms with E-state index in [-0.39, 0.29) is 10.6 Å². The van der Waals surface area contributed by atoms with Gasteiger partial charge in [-0.25, -0.2) is 0 Å². The maximum Gasteiger partial charge on any atom is 0.271 e. The Balaban J connectivity index is 1.86. The van der Waals surface area contributed by atoms with Crippen molar-refractivity contribution in [3.05, 3.63) is 40.1 Å². The molecule has 2 heterocycles. The lowest BCUT2D eigenvalue weighted by atomic mass is 10.1. The number of nitrogens with one attached hydrogen (secondary N) is 2. The van der Waals surface area contributed by atoms with Crippen LogP contribution >= 0.6 is 0 Å². The van der Waals surface area contributed by atoms with Gasteiger partial charge in [-0.2, -0.15) is 0 Å². The molecule has 1 aliphatic rings. The summed E-state index contributed by atoms with van der Waals surface area (Å²) in [6.45, 7) is 5.01. The summed E-state index contributed by atoms with van der Waals surface area (Å²) >= 11 is 0. The molecular weight excluding hydrogens is 244 g/mol. The van der Waals surface area contributed by atoms with Crippen LogP contribution in [0.25, 0.3) is 10.9 Å². The fourth-order valence-electron chi connectivity index (χ4n) is 2.53. The number of piperazine rings is 1. The van der Waals surface area contributed by atoms with E-state index in [4.69, 9.17) is 0 Å². The van der Waals surface area contributed by atoms with Gasteiger partial charge >= 0.3 is 0 Å². The van der Waals surface area contributed by atoms with E-state index in [1.54, 1.807) is 12.1 Å². The van der Waals surface area contributed by atoms with Gasteiger partial charge in [-0.3, -0.25) is 15.0 Å². The Bertz CT molecular complexity index is 602. The molecule has 2 aromatic rings. The summed E-state index contributed by atoms with van der Waals surface area (Å²) in [4.78, 5) is 15.9. The fourth-order valence-corrected chi connectivity index (χ4v) is 2.53. The number of hydrogen-bond donors (Lipinski definition) is 2. The number of rotatable bonds is 3. The quantitative estimate of drug-likeness (QED) is 0.647. The van der Waals surface area contributed by atoms with E-state index in [1.165, 1.54) is 5.56 Å². The maximum atomic E-state index is 10.7. The molecule has 3 rings (SSSR count). The van der Waals surface area contributed by atoms with Crippen molar-refractivity contribution in [3.8, 4) is 0 Å². The van der Waals surface area contributed by atoms with Gasteiger partial charge < -0.3 is 10.3 Å². The average molecular weight is 260 g/mol. The molecule has 0 radical (unpaired) electrons. The first kappa shape index (κ1) is 12.1. The minimum absolute atomic E-state index is 0.128. The molecule has 0 bridgehead atoms. The van der Waals surface area contributed by atoms with Crippen LogP contribution in [0.4, 0.5) is 5.69 Å². The number of H-pyrrole nitrogens is 1. The summed E-state index contributed by atoms with van der Waals surface area (Å²) in [7, 11) is 0. The number of aromatic amines is 1. The van der Waals surface area contributed by atoms with Gasteiger partial charge in [0.2, 0.25) is 0 Å². The first-order valence-corrected chi connectivity index (χ1v) is 6.41. The third kappa shape index (κ3) is 2.45. The van der Waals surface area contributed by atoms with Crippen molar-refractivity contribution in [2.45, 2.75) is 6.54 Å². The summed E-state index contributed by atoms with van der Waals surface area (Å²) < 4.78 is 0. The fraction of sp³-hybridized carbons (Fsp3) is 0.385. The van der Waals surface area contributed by atoms with Crippen molar-refractivity contribution >= 4 is 16.6 Å². The lowest BCUT2D eigenvalue weighted by Gasteiger charge is -2.26. The predicted molar refractivity (Wildman–Crippen MR) is 73.1 cm³/mol. The molecule has 0 saturated carbocycles. The number of aromatic nitrogens is 1. The summed E-state index contributed by atoms with van der Waals surface area (Å²) in [6, 6.07) is 5.00. The summed E-state index contributed by atoms with van der Waals surface area (Å²) in [6.07, 6.45) is 1.95. The molecule has 0 atom stereocenters. The van der Waals surface area contributed by atoms with Gasteiger partial charge in [0, 0.05) is 56.4 Å². The van der Waals surface area contributed by atoms with Crippen LogP contribution in [0.15, 0.2) is 24.4 Å². The summed E-state index contributed by atoms with van der Waals surface area (Å²) in [5, 5.41) is 15.1. The standard InChI is InChI=1S/C13H16N4O2/c18-17(19)11-1-2-12-10(8-15-13(12)7-11)9-16-5-3-14-4-6-16/h1-2,7-8,14-15H,3-6,9H2. The van der Waals surface area contributed by atoms with E-state index in [1.807, 2.05) is 12.3 Å². The molecular formula is C13H16N4O2. The van der Waals surface area contributed by atoms with Crippen molar-refractivity contribution in [2.75, 3.05) is 26.2 Å². The number of non-ortho nitro benzene ring substituents is 1. The van der Waals surface area contributed by atoms with Crippen molar-refractivity contribution < 1.29 is 4.92 Å². The molecule has 1 aromatic heterocycles. The molecule has 0 spiro atoms. The van der Waals surface area contributed by atoms with Crippen LogP contribution in [0.3, 0.4) is 0 Å². The molecule has 100 valence electrons. The van der Waals surface area contributed by atoms with Gasteiger partial charge in [-0.1, -0.05) is 0 Å². The van der Waals surface area contributed by atoms with E-state index in [0.29, 0.717) is 0 Å². The molecule has 0 aliphatic carbocycles. The summed E-state index contributed by atoms with van der Waals surface area (Å²) in [5.74, 6) is 0. The highest BCUT2D eigenvalue weighted by Crippen LogP contribution is 2.24. The second-order valence-electron chi connectivity index (χ2n) is 4.83. The Labute approximate surface area is 110 Å². The maximum absolute atomic E-state index is 10.7. The van der Waals surface area contributed by atoms with Gasteiger partial charge in [0.25, 0.3) is 5.69 Å². The zero-order valence-electron chi connectivity index (χ0n) is 10.6. The smallest absolute Gasteiger partial charge is 0.271 e. The van der Waals surface area contributed by atoms with Crippen LogP contribution < -0.4 is 5.32 Å². The zero-order valence-corrected chi connectivity index (χ0v) is 10.6. The van der Waals surface area contributed by atoms with E-state index in [2.05, 4.69) is 15.2 Å². The van der Waals surface area contributed by atoms with Crippen LogP contribution in [0.1, 0.15) is 5.56 Å². The Morgan fingerprint density at radius 3 is 2.84 bits per heavy atom. The van der Waals surface area contributed by atoms with Crippen molar-refractivity contribution in [1.29, 1.82) is 0 Å². The topological polar surface area (TPSA) is 74.2 Å². The molecule has 0 amide bonds. The van der Waals surface area contributed by atoms with Crippen LogP contribution in [0.5, 0.6) is 0 Å². The Hall–Kier alpha value is -1.92. The Morgan fingerprint density at radius 1 is 1.32 bits per heavy atom. The average Bonchev–Trinajstić information content (AvgIpc) is 2.82. The normalized spacial score (nSPS) is 16.8. The van der Waals surface area contributed by atoms with Crippen molar-refractivity contribution in [1.82, 2.24) is 15.2 Å². The molecule has 0 unspecified atom stereocenters. The van der Waals surface area contributed by atoms with E-state index in [0.717, 1.165) is 43.6 Å². The Kier molecular flexibility index (Phi) is 3.18. The Morgan fingerprint density at radius 2 is 2.11 bits per heavy atom. The second kappa shape index (κ2) is 4.99. The first-order valence-electron chi connectivity index (χ1n) is 6.41. The third-order valence-corrected chi connectivity index (χ3v) is 3.57. The van der Waals surface area contributed by atoms with Gasteiger partial charge in [0.1, 0.15) is 0 Å². The highest BCUT2D eigenvalue weighted by Gasteiger charge is 2.14. The van der Waals surface area contributed by atoms with Crippen molar-refractivity contribution in [3.63, 3.8) is 0 Å². The highest BCUT2D eigenvalue weighted by atomic mass is 16.6. The molecule has 19 heavy (non-hydrogen) atoms. The monoisotopic (exact) mass is 260 g/mol. The van der Waals surface area contributed by atoms with Crippen LogP contribution in [-0.2, 0) is 6.54 Å². The number of nitro benzene ring substituents is 1. The van der Waals surface area contributed by atoms with Gasteiger partial charge in [-0.15, -0.1) is 0 Å². The predicted octanol–water partition coefficient (Wildman–Crippen LogP) is 1.48. The third-order valence-electron chi connectivity index (χ3n) is 3.57. The van der Waals surface area contributed by atoms with E-state index >= 15 is 0 Å². The largest absolute Gasteiger partial charge is 0.361 e. The van der Waals surface area contributed by atoms with Crippen LogP contribution in [0.2, 0.25) is 0 Å². The molecule has 1 aliphatic heterocycles. The van der Waals surface area contributed by atoms with Crippen LogP contribution in [-0.4, -0.2) is 41.0 Å². The SMILES string of the molecule is O=[N+]([O-])c1ccc2c(CN3CCNCC3)c[nH]c2c1. The molecule has 2 N–H and O–H groups in total. The molecule has 1 aromatic carbocycles. The van der Waals surface area contributed by atoms with Crippen LogP contribution in [0, 0.1) is 10.1 Å². The second-order valence-corrected chi connectivity index (χ2v) is 4.83. The number of nitro groups is 1. The van der Waals surface area contributed by atoms with Gasteiger partial charge in [0.15, 0.2) is 0 Å². The number of nitrogens with zero attached hydrogens (tertiary/aromatic N) is 2. The number of fused-ring (bicyclic) bond motifs is 1. The number of benzene rings is 1. The first-order chi connectivity index (χ1) is 9.24. The zero-order chi connectivity index (χ0) is 13.2. The minimum Gasteiger partial charge on any atom is -0.361 e. The molecule has 6 heteroatoms. The lowest BCUT2D eigenvalue weighted by Crippen LogP contribution is -2.42. The molecule has 1 saturated heterocycles. The molecule has 6 nitrogen and oxygen atoms in total. The van der Waals surface area contributed by atoms with Gasteiger partial charge in [0.05, 0.1) is 10.4 Å². The van der Waals surface area contributed by atoms with E-state index < -0.39 is 0 Å². The summed E-state index contributed by atoms with van der Waals surface area (Å²) in [5.41, 5.74) is 2.16. The minimum atomic E-state index is -0.365. The molecule has 1 fully saturated rings. The highest BCUT2D eigenvalue weighted by molar-refractivity contribution is 5.85. The number of hydrogen-bond acceptors (Lipinski definition) is 4. The lowest BCUT2D eigenvalue weighted by molar-refractivity contribution is -0.384.